The van der Waals surface area contributed by atoms with Crippen molar-refractivity contribution in [3.8, 4) is 22.0 Å². The van der Waals surface area contributed by atoms with E-state index in [4.69, 9.17) is 4.98 Å². The Balaban J connectivity index is 1.67. The van der Waals surface area contributed by atoms with E-state index < -0.39 is 10.0 Å². The Kier molecular flexibility index (Phi) is 4.92. The number of thiazole rings is 1. The number of nitrogens with zero attached hydrogens (tertiary/aromatic N) is 2. The third-order valence-electron chi connectivity index (χ3n) is 5.25. The lowest BCUT2D eigenvalue weighted by atomic mass is 10.2. The van der Waals surface area contributed by atoms with Crippen molar-refractivity contribution in [2.24, 2.45) is 7.05 Å². The summed E-state index contributed by atoms with van der Waals surface area (Å²) < 4.78 is 30.6. The zero-order valence-corrected chi connectivity index (χ0v) is 17.1. The Morgan fingerprint density at radius 3 is 2.59 bits per heavy atom. The lowest BCUT2D eigenvalue weighted by Gasteiger charge is -2.12. The molecule has 0 spiro atoms. The van der Waals surface area contributed by atoms with Crippen LogP contribution in [0.25, 0.3) is 22.0 Å². The van der Waals surface area contributed by atoms with Crippen LogP contribution in [0.3, 0.4) is 0 Å². The fraction of sp³-hybridized carbons (Fsp3) is 0.350. The molecular formula is C20H23N3O2S2. The van der Waals surface area contributed by atoms with Gasteiger partial charge in [0, 0.05) is 29.7 Å². The van der Waals surface area contributed by atoms with Crippen LogP contribution < -0.4 is 4.72 Å². The molecule has 0 atom stereocenters. The SMILES string of the molecule is Cc1c(S(=O)(=O)NC2CCCC2)cc(-c2nc(-c3ccccc3)cs2)n1C. The molecule has 142 valence electrons. The minimum atomic E-state index is -3.52. The zero-order chi connectivity index (χ0) is 19.0. The van der Waals surface area contributed by atoms with Crippen LogP contribution in [0.15, 0.2) is 46.7 Å². The van der Waals surface area contributed by atoms with Crippen LogP contribution >= 0.6 is 11.3 Å². The van der Waals surface area contributed by atoms with E-state index >= 15 is 0 Å². The Morgan fingerprint density at radius 2 is 1.89 bits per heavy atom. The highest BCUT2D eigenvalue weighted by atomic mass is 32.2. The van der Waals surface area contributed by atoms with E-state index in [2.05, 4.69) is 4.72 Å². The summed E-state index contributed by atoms with van der Waals surface area (Å²) in [6.45, 7) is 1.85. The maximum absolute atomic E-state index is 12.9. The van der Waals surface area contributed by atoms with Crippen molar-refractivity contribution in [3.63, 3.8) is 0 Å². The number of rotatable bonds is 5. The molecule has 0 saturated heterocycles. The maximum atomic E-state index is 12.9. The molecule has 0 radical (unpaired) electrons. The summed E-state index contributed by atoms with van der Waals surface area (Å²) in [5, 5.41) is 2.83. The Bertz CT molecular complexity index is 1050. The van der Waals surface area contributed by atoms with Crippen LogP contribution in [0.5, 0.6) is 0 Å². The van der Waals surface area contributed by atoms with Crippen molar-refractivity contribution < 1.29 is 8.42 Å². The third-order valence-corrected chi connectivity index (χ3v) is 7.75. The smallest absolute Gasteiger partial charge is 0.242 e. The van der Waals surface area contributed by atoms with Crippen LogP contribution in [0, 0.1) is 6.92 Å². The quantitative estimate of drug-likeness (QED) is 0.691. The molecule has 0 amide bonds. The molecule has 1 aliphatic rings. The first kappa shape index (κ1) is 18.4. The summed E-state index contributed by atoms with van der Waals surface area (Å²) in [6.07, 6.45) is 4.02. The molecule has 3 aromatic rings. The summed E-state index contributed by atoms with van der Waals surface area (Å²) in [5.74, 6) is 0. The van der Waals surface area contributed by atoms with Gasteiger partial charge in [0.1, 0.15) is 9.90 Å². The van der Waals surface area contributed by atoms with Gasteiger partial charge < -0.3 is 4.57 Å². The zero-order valence-electron chi connectivity index (χ0n) is 15.5. The number of sulfonamides is 1. The van der Waals surface area contributed by atoms with Gasteiger partial charge in [-0.15, -0.1) is 11.3 Å². The fourth-order valence-electron chi connectivity index (χ4n) is 3.61. The predicted octanol–water partition coefficient (Wildman–Crippen LogP) is 4.34. The first-order valence-corrected chi connectivity index (χ1v) is 11.5. The normalized spacial score (nSPS) is 15.5. The van der Waals surface area contributed by atoms with Gasteiger partial charge in [-0.3, -0.25) is 0 Å². The first-order valence-electron chi connectivity index (χ1n) is 9.15. The van der Waals surface area contributed by atoms with Gasteiger partial charge in [0.15, 0.2) is 0 Å². The van der Waals surface area contributed by atoms with Crippen molar-refractivity contribution >= 4 is 21.4 Å². The molecule has 4 rings (SSSR count). The van der Waals surface area contributed by atoms with E-state index in [1.54, 1.807) is 6.07 Å². The number of nitrogens with one attached hydrogen (secondary N) is 1. The van der Waals surface area contributed by atoms with Gasteiger partial charge in [-0.05, 0) is 25.8 Å². The number of benzene rings is 1. The van der Waals surface area contributed by atoms with Crippen LogP contribution in [0.4, 0.5) is 0 Å². The molecule has 1 saturated carbocycles. The van der Waals surface area contributed by atoms with Crippen molar-refractivity contribution in [2.75, 3.05) is 0 Å². The van der Waals surface area contributed by atoms with Gasteiger partial charge >= 0.3 is 0 Å². The molecule has 1 fully saturated rings. The van der Waals surface area contributed by atoms with Gasteiger partial charge in [0.05, 0.1) is 11.4 Å². The monoisotopic (exact) mass is 401 g/mol. The highest BCUT2D eigenvalue weighted by molar-refractivity contribution is 7.89. The highest BCUT2D eigenvalue weighted by Crippen LogP contribution is 2.33. The molecular weight excluding hydrogens is 378 g/mol. The van der Waals surface area contributed by atoms with Gasteiger partial charge in [-0.2, -0.15) is 0 Å². The average Bonchev–Trinajstić information content (AvgIpc) is 3.38. The average molecular weight is 402 g/mol. The number of aromatic nitrogens is 2. The Hall–Kier alpha value is -1.96. The molecule has 1 N–H and O–H groups in total. The second kappa shape index (κ2) is 7.22. The van der Waals surface area contributed by atoms with E-state index in [0.29, 0.717) is 4.90 Å². The molecule has 2 heterocycles. The molecule has 1 aromatic carbocycles. The van der Waals surface area contributed by atoms with Crippen molar-refractivity contribution in [3.05, 3.63) is 47.5 Å². The summed E-state index contributed by atoms with van der Waals surface area (Å²) in [4.78, 5) is 5.08. The van der Waals surface area contributed by atoms with E-state index in [0.717, 1.165) is 53.3 Å². The molecule has 7 heteroatoms. The first-order chi connectivity index (χ1) is 13.0. The maximum Gasteiger partial charge on any atom is 0.242 e. The second-order valence-corrected chi connectivity index (χ2v) is 9.59. The molecule has 0 aliphatic heterocycles. The minimum Gasteiger partial charge on any atom is -0.345 e. The van der Waals surface area contributed by atoms with Crippen molar-refractivity contribution in [1.82, 2.24) is 14.3 Å². The molecule has 1 aliphatic carbocycles. The van der Waals surface area contributed by atoms with Gasteiger partial charge in [-0.1, -0.05) is 43.2 Å². The van der Waals surface area contributed by atoms with Gasteiger partial charge in [0.25, 0.3) is 0 Å². The van der Waals surface area contributed by atoms with E-state index in [1.807, 2.05) is 54.3 Å². The highest BCUT2D eigenvalue weighted by Gasteiger charge is 2.27. The molecule has 27 heavy (non-hydrogen) atoms. The van der Waals surface area contributed by atoms with Crippen molar-refractivity contribution in [1.29, 1.82) is 0 Å². The Labute approximate surface area is 164 Å². The van der Waals surface area contributed by atoms with Gasteiger partial charge in [-0.25, -0.2) is 18.1 Å². The van der Waals surface area contributed by atoms with Crippen LogP contribution in [-0.4, -0.2) is 24.0 Å². The molecule has 0 bridgehead atoms. The number of hydrogen-bond acceptors (Lipinski definition) is 4. The lowest BCUT2D eigenvalue weighted by molar-refractivity contribution is 0.551. The third kappa shape index (κ3) is 3.59. The topological polar surface area (TPSA) is 64.0 Å². The predicted molar refractivity (Wildman–Crippen MR) is 109 cm³/mol. The van der Waals surface area contributed by atoms with Crippen LogP contribution in [0.1, 0.15) is 31.4 Å². The largest absolute Gasteiger partial charge is 0.345 e. The van der Waals surface area contributed by atoms with Crippen LogP contribution in [-0.2, 0) is 17.1 Å². The molecule has 5 nitrogen and oxygen atoms in total. The van der Waals surface area contributed by atoms with Crippen LogP contribution in [0.2, 0.25) is 0 Å². The fourth-order valence-corrected chi connectivity index (χ4v) is 6.08. The summed E-state index contributed by atoms with van der Waals surface area (Å²) >= 11 is 1.53. The molecule has 0 unspecified atom stereocenters. The van der Waals surface area contributed by atoms with E-state index in [9.17, 15) is 8.42 Å². The summed E-state index contributed by atoms with van der Waals surface area (Å²) in [5.41, 5.74) is 3.52. The summed E-state index contributed by atoms with van der Waals surface area (Å²) in [7, 11) is -1.63. The van der Waals surface area contributed by atoms with Crippen molar-refractivity contribution in [2.45, 2.75) is 43.5 Å². The Morgan fingerprint density at radius 1 is 1.19 bits per heavy atom. The lowest BCUT2D eigenvalue weighted by Crippen LogP contribution is -2.32. The standard InChI is InChI=1S/C20H23N3O2S2/c1-14-19(27(24,25)22-16-10-6-7-11-16)12-18(23(14)2)20-21-17(13-26-20)15-8-4-3-5-9-15/h3-5,8-9,12-13,16,22H,6-7,10-11H2,1-2H3. The van der Waals surface area contributed by atoms with E-state index in [-0.39, 0.29) is 6.04 Å². The summed E-state index contributed by atoms with van der Waals surface area (Å²) in [6, 6.07) is 11.8. The minimum absolute atomic E-state index is 0.0580. The molecule has 2 aromatic heterocycles. The van der Waals surface area contributed by atoms with E-state index in [1.165, 1.54) is 11.3 Å². The second-order valence-electron chi connectivity index (χ2n) is 7.04. The van der Waals surface area contributed by atoms with Gasteiger partial charge in [0.2, 0.25) is 10.0 Å². The number of hydrogen-bond donors (Lipinski definition) is 1.